The van der Waals surface area contributed by atoms with E-state index in [0.29, 0.717) is 24.7 Å². The van der Waals surface area contributed by atoms with Gasteiger partial charge in [-0.25, -0.2) is 9.78 Å². The normalized spacial score (nSPS) is 11.2. The zero-order valence-electron chi connectivity index (χ0n) is 17.4. The van der Waals surface area contributed by atoms with Crippen molar-refractivity contribution in [2.24, 2.45) is 0 Å². The number of amides is 2. The van der Waals surface area contributed by atoms with Crippen LogP contribution in [0.3, 0.4) is 0 Å². The van der Waals surface area contributed by atoms with Crippen molar-refractivity contribution >= 4 is 33.9 Å². The molecule has 1 aromatic carbocycles. The number of furan rings is 1. The topological polar surface area (TPSA) is 62.8 Å². The second kappa shape index (κ2) is 10.0. The number of nitrogens with zero attached hydrogens (tertiary/aromatic N) is 3. The van der Waals surface area contributed by atoms with E-state index in [1.54, 1.807) is 22.5 Å². The zero-order valence-corrected chi connectivity index (χ0v) is 19.0. The fraction of sp³-hybridized carbons (Fsp3) is 0.304. The standard InChI is InChI=1S/C23H25ClN4O2S/c1-2-3-11-25-22(29)27(14-20-5-4-13-30-20)12-10-19-16-31-23-26-21(15-28(19)23)17-6-8-18(24)9-7-17/h4-9,13,15-16H,2-3,10-12,14H2,1H3,(H,25,29). The second-order valence-electron chi connectivity index (χ2n) is 7.35. The number of imidazole rings is 1. The van der Waals surface area contributed by atoms with Crippen LogP contribution in [0.4, 0.5) is 4.79 Å². The first-order valence-electron chi connectivity index (χ1n) is 10.4. The number of thiazole rings is 1. The highest BCUT2D eigenvalue weighted by Gasteiger charge is 2.17. The number of unbranched alkanes of at least 4 members (excludes halogenated alkanes) is 1. The molecular weight excluding hydrogens is 432 g/mol. The van der Waals surface area contributed by atoms with Gasteiger partial charge in [-0.15, -0.1) is 11.3 Å². The summed E-state index contributed by atoms with van der Waals surface area (Å²) >= 11 is 7.60. The summed E-state index contributed by atoms with van der Waals surface area (Å²) in [6.45, 7) is 3.81. The highest BCUT2D eigenvalue weighted by molar-refractivity contribution is 7.15. The maximum Gasteiger partial charge on any atom is 0.317 e. The minimum atomic E-state index is -0.0659. The molecule has 0 saturated carbocycles. The van der Waals surface area contributed by atoms with Crippen LogP contribution >= 0.6 is 22.9 Å². The number of nitrogens with one attached hydrogen (secondary N) is 1. The first-order valence-corrected chi connectivity index (χ1v) is 11.7. The number of carbonyl (C=O) groups is 1. The molecule has 31 heavy (non-hydrogen) atoms. The molecule has 1 N–H and O–H groups in total. The van der Waals surface area contributed by atoms with Crippen LogP contribution in [0, 0.1) is 0 Å². The molecule has 4 aromatic rings. The van der Waals surface area contributed by atoms with Gasteiger partial charge in [0.1, 0.15) is 5.76 Å². The molecule has 3 heterocycles. The number of urea groups is 1. The van der Waals surface area contributed by atoms with Gasteiger partial charge < -0.3 is 14.6 Å². The molecule has 0 radical (unpaired) electrons. The van der Waals surface area contributed by atoms with Crippen LogP contribution in [0.5, 0.6) is 0 Å². The van der Waals surface area contributed by atoms with E-state index in [2.05, 4.69) is 22.0 Å². The average Bonchev–Trinajstić information content (AvgIpc) is 3.50. The number of carbonyl (C=O) groups excluding carboxylic acids is 1. The highest BCUT2D eigenvalue weighted by Crippen LogP contribution is 2.25. The van der Waals surface area contributed by atoms with Crippen LogP contribution in [-0.2, 0) is 13.0 Å². The van der Waals surface area contributed by atoms with Crippen molar-refractivity contribution < 1.29 is 9.21 Å². The first-order chi connectivity index (χ1) is 15.1. The maximum absolute atomic E-state index is 12.7. The third-order valence-electron chi connectivity index (χ3n) is 5.08. The molecule has 8 heteroatoms. The minimum Gasteiger partial charge on any atom is -0.467 e. The highest BCUT2D eigenvalue weighted by atomic mass is 35.5. The number of rotatable bonds is 9. The van der Waals surface area contributed by atoms with Gasteiger partial charge in [0.2, 0.25) is 0 Å². The lowest BCUT2D eigenvalue weighted by molar-refractivity contribution is 0.190. The van der Waals surface area contributed by atoms with E-state index in [1.165, 1.54) is 0 Å². The number of halogens is 1. The number of hydrogen-bond donors (Lipinski definition) is 1. The Morgan fingerprint density at radius 1 is 1.29 bits per heavy atom. The van der Waals surface area contributed by atoms with Crippen LogP contribution < -0.4 is 5.32 Å². The van der Waals surface area contributed by atoms with E-state index < -0.39 is 0 Å². The van der Waals surface area contributed by atoms with E-state index in [9.17, 15) is 4.79 Å². The zero-order chi connectivity index (χ0) is 21.6. The van der Waals surface area contributed by atoms with Crippen molar-refractivity contribution in [1.29, 1.82) is 0 Å². The van der Waals surface area contributed by atoms with E-state index in [4.69, 9.17) is 21.0 Å². The van der Waals surface area contributed by atoms with Gasteiger partial charge in [-0.3, -0.25) is 4.40 Å². The fourth-order valence-electron chi connectivity index (χ4n) is 3.35. The lowest BCUT2D eigenvalue weighted by Crippen LogP contribution is -2.41. The molecule has 0 saturated heterocycles. The third-order valence-corrected chi connectivity index (χ3v) is 6.22. The largest absolute Gasteiger partial charge is 0.467 e. The van der Waals surface area contributed by atoms with E-state index in [1.807, 2.05) is 42.6 Å². The molecule has 162 valence electrons. The molecule has 0 aliphatic heterocycles. The van der Waals surface area contributed by atoms with Crippen molar-refractivity contribution in [2.45, 2.75) is 32.7 Å². The Morgan fingerprint density at radius 2 is 2.13 bits per heavy atom. The van der Waals surface area contributed by atoms with Crippen LogP contribution in [0.15, 0.2) is 58.7 Å². The van der Waals surface area contributed by atoms with Gasteiger partial charge in [0, 0.05) is 47.4 Å². The van der Waals surface area contributed by atoms with Crippen molar-refractivity contribution in [3.05, 3.63) is 70.7 Å². The molecule has 0 unspecified atom stereocenters. The first kappa shape index (κ1) is 21.5. The minimum absolute atomic E-state index is 0.0659. The Bertz CT molecular complexity index is 1120. The molecule has 3 aromatic heterocycles. The summed E-state index contributed by atoms with van der Waals surface area (Å²) in [7, 11) is 0. The Labute approximate surface area is 190 Å². The predicted octanol–water partition coefficient (Wildman–Crippen LogP) is 5.86. The number of hydrogen-bond acceptors (Lipinski definition) is 4. The number of fused-ring (bicyclic) bond motifs is 1. The molecule has 0 bridgehead atoms. The van der Waals surface area contributed by atoms with Gasteiger partial charge >= 0.3 is 6.03 Å². The molecule has 6 nitrogen and oxygen atoms in total. The molecule has 2 amide bonds. The summed E-state index contributed by atoms with van der Waals surface area (Å²) in [6, 6.07) is 11.4. The van der Waals surface area contributed by atoms with Gasteiger partial charge in [0.15, 0.2) is 4.96 Å². The van der Waals surface area contributed by atoms with Crippen molar-refractivity contribution in [3.8, 4) is 11.3 Å². The van der Waals surface area contributed by atoms with E-state index in [0.717, 1.165) is 46.9 Å². The molecular formula is C23H25ClN4O2S. The summed E-state index contributed by atoms with van der Waals surface area (Å²) in [5.74, 6) is 0.772. The lowest BCUT2D eigenvalue weighted by atomic mass is 10.2. The van der Waals surface area contributed by atoms with Gasteiger partial charge in [0.25, 0.3) is 0 Å². The SMILES string of the molecule is CCCCNC(=O)N(CCc1csc2nc(-c3ccc(Cl)cc3)cn12)Cc1ccco1. The van der Waals surface area contributed by atoms with Crippen molar-refractivity contribution in [2.75, 3.05) is 13.1 Å². The average molecular weight is 457 g/mol. The molecule has 0 aliphatic rings. The van der Waals surface area contributed by atoms with Crippen molar-refractivity contribution in [3.63, 3.8) is 0 Å². The van der Waals surface area contributed by atoms with Crippen LogP contribution in [0.1, 0.15) is 31.2 Å². The Morgan fingerprint density at radius 3 is 2.87 bits per heavy atom. The monoisotopic (exact) mass is 456 g/mol. The molecule has 4 rings (SSSR count). The summed E-state index contributed by atoms with van der Waals surface area (Å²) in [4.78, 5) is 20.2. The maximum atomic E-state index is 12.7. The Balaban J connectivity index is 1.48. The summed E-state index contributed by atoms with van der Waals surface area (Å²) in [5, 5.41) is 5.82. The van der Waals surface area contributed by atoms with Gasteiger partial charge in [0.05, 0.1) is 18.5 Å². The van der Waals surface area contributed by atoms with E-state index in [-0.39, 0.29) is 6.03 Å². The molecule has 0 spiro atoms. The lowest BCUT2D eigenvalue weighted by Gasteiger charge is -2.22. The molecule has 0 atom stereocenters. The second-order valence-corrected chi connectivity index (χ2v) is 8.62. The quantitative estimate of drug-likeness (QED) is 0.320. The van der Waals surface area contributed by atoms with Gasteiger partial charge in [-0.1, -0.05) is 37.1 Å². The fourth-order valence-corrected chi connectivity index (χ4v) is 4.38. The van der Waals surface area contributed by atoms with Crippen LogP contribution in [-0.4, -0.2) is 33.4 Å². The predicted molar refractivity (Wildman–Crippen MR) is 125 cm³/mol. The summed E-state index contributed by atoms with van der Waals surface area (Å²) in [6.07, 6.45) is 6.41. The Hall–Kier alpha value is -2.77. The van der Waals surface area contributed by atoms with Crippen LogP contribution in [0.2, 0.25) is 5.02 Å². The Kier molecular flexibility index (Phi) is 6.94. The van der Waals surface area contributed by atoms with Gasteiger partial charge in [-0.05, 0) is 30.7 Å². The van der Waals surface area contributed by atoms with Gasteiger partial charge in [-0.2, -0.15) is 0 Å². The third kappa shape index (κ3) is 5.29. The van der Waals surface area contributed by atoms with Crippen LogP contribution in [0.25, 0.3) is 16.2 Å². The summed E-state index contributed by atoms with van der Waals surface area (Å²) < 4.78 is 7.57. The smallest absolute Gasteiger partial charge is 0.317 e. The number of benzene rings is 1. The molecule has 0 fully saturated rings. The van der Waals surface area contributed by atoms with E-state index >= 15 is 0 Å². The van der Waals surface area contributed by atoms with Crippen molar-refractivity contribution in [1.82, 2.24) is 19.6 Å². The molecule has 0 aliphatic carbocycles. The summed E-state index contributed by atoms with van der Waals surface area (Å²) in [5.41, 5.74) is 3.06. The number of aromatic nitrogens is 2.